The monoisotopic (exact) mass is 305 g/mol. The molecule has 0 aromatic carbocycles. The van der Waals surface area contributed by atoms with Crippen LogP contribution < -0.4 is 5.32 Å². The van der Waals surface area contributed by atoms with Crippen molar-refractivity contribution in [1.29, 1.82) is 0 Å². The van der Waals surface area contributed by atoms with Crippen LogP contribution in [-0.2, 0) is 14.9 Å². The predicted octanol–water partition coefficient (Wildman–Crippen LogP) is 0.414. The second-order valence-electron chi connectivity index (χ2n) is 5.99. The molecule has 1 heterocycles. The Morgan fingerprint density at radius 2 is 1.85 bits per heavy atom. The Kier molecular flexibility index (Phi) is 5.42. The molecular weight excluding hydrogens is 278 g/mol. The molecule has 2 atom stereocenters. The molecule has 1 saturated heterocycles. The normalized spacial score (nSPS) is 29.0. The summed E-state index contributed by atoms with van der Waals surface area (Å²) in [5.74, 6) is 0. The fourth-order valence-electron chi connectivity index (χ4n) is 2.53. The van der Waals surface area contributed by atoms with Crippen molar-refractivity contribution in [3.63, 3.8) is 0 Å². The van der Waals surface area contributed by atoms with E-state index in [0.717, 1.165) is 13.0 Å². The first-order valence-electron chi connectivity index (χ1n) is 7.50. The van der Waals surface area contributed by atoms with Gasteiger partial charge < -0.3 is 10.1 Å². The molecular formula is C13H27N3O3S. The summed E-state index contributed by atoms with van der Waals surface area (Å²) >= 11 is 0. The third-order valence-electron chi connectivity index (χ3n) is 3.77. The van der Waals surface area contributed by atoms with Crippen LogP contribution in [0.4, 0.5) is 0 Å². The standard InChI is InChI=1S/C13H27N3O3S/c1-11-9-16(10-12(2)19-11)20(17,18)15(3)8-4-7-14-13-5-6-13/h11-14H,4-10H2,1-3H3/t11-,12+. The van der Waals surface area contributed by atoms with Crippen LogP contribution in [0.25, 0.3) is 0 Å². The molecule has 7 heteroatoms. The molecule has 2 aliphatic rings. The number of morpholine rings is 1. The van der Waals surface area contributed by atoms with Crippen LogP contribution in [0.5, 0.6) is 0 Å². The van der Waals surface area contributed by atoms with Crippen molar-refractivity contribution >= 4 is 10.2 Å². The largest absolute Gasteiger partial charge is 0.373 e. The van der Waals surface area contributed by atoms with Crippen LogP contribution in [0.1, 0.15) is 33.1 Å². The summed E-state index contributed by atoms with van der Waals surface area (Å²) in [5, 5.41) is 3.40. The maximum Gasteiger partial charge on any atom is 0.281 e. The van der Waals surface area contributed by atoms with Crippen LogP contribution in [-0.4, -0.2) is 68.5 Å². The van der Waals surface area contributed by atoms with E-state index in [1.54, 1.807) is 11.4 Å². The lowest BCUT2D eigenvalue weighted by Gasteiger charge is -2.36. The minimum atomic E-state index is -3.35. The van der Waals surface area contributed by atoms with Crippen LogP contribution in [0, 0.1) is 0 Å². The SMILES string of the molecule is C[C@@H]1CN(S(=O)(=O)N(C)CCCNC2CC2)C[C@H](C)O1. The topological polar surface area (TPSA) is 61.9 Å². The summed E-state index contributed by atoms with van der Waals surface area (Å²) < 4.78 is 33.6. The molecule has 1 N–H and O–H groups in total. The number of nitrogens with one attached hydrogen (secondary N) is 1. The molecule has 1 aliphatic carbocycles. The van der Waals surface area contributed by atoms with E-state index in [2.05, 4.69) is 5.32 Å². The van der Waals surface area contributed by atoms with Crippen molar-refractivity contribution in [1.82, 2.24) is 13.9 Å². The van der Waals surface area contributed by atoms with Gasteiger partial charge in [-0.25, -0.2) is 0 Å². The molecule has 2 rings (SSSR count). The zero-order valence-electron chi connectivity index (χ0n) is 12.7. The fraction of sp³-hybridized carbons (Fsp3) is 1.00. The molecule has 6 nitrogen and oxygen atoms in total. The van der Waals surface area contributed by atoms with Crippen LogP contribution >= 0.6 is 0 Å². The van der Waals surface area contributed by atoms with Gasteiger partial charge in [-0.1, -0.05) is 0 Å². The number of hydrogen-bond donors (Lipinski definition) is 1. The highest BCUT2D eigenvalue weighted by atomic mass is 32.2. The van der Waals surface area contributed by atoms with Gasteiger partial charge in [0, 0.05) is 32.7 Å². The highest BCUT2D eigenvalue weighted by molar-refractivity contribution is 7.86. The quantitative estimate of drug-likeness (QED) is 0.692. The van der Waals surface area contributed by atoms with Crippen LogP contribution in [0.2, 0.25) is 0 Å². The average molecular weight is 305 g/mol. The first-order valence-corrected chi connectivity index (χ1v) is 8.89. The summed E-state index contributed by atoms with van der Waals surface area (Å²) in [7, 11) is -1.69. The molecule has 1 aliphatic heterocycles. The molecule has 0 spiro atoms. The maximum atomic E-state index is 12.5. The van der Waals surface area contributed by atoms with Crippen molar-refractivity contribution in [3.05, 3.63) is 0 Å². The van der Waals surface area contributed by atoms with E-state index in [1.165, 1.54) is 17.1 Å². The minimum Gasteiger partial charge on any atom is -0.373 e. The van der Waals surface area contributed by atoms with Gasteiger partial charge in [-0.05, 0) is 39.7 Å². The molecule has 118 valence electrons. The van der Waals surface area contributed by atoms with E-state index in [0.29, 0.717) is 25.7 Å². The Morgan fingerprint density at radius 3 is 2.40 bits per heavy atom. The lowest BCUT2D eigenvalue weighted by Crippen LogP contribution is -2.52. The third-order valence-corrected chi connectivity index (χ3v) is 5.69. The highest BCUT2D eigenvalue weighted by Crippen LogP contribution is 2.19. The average Bonchev–Trinajstić information content (AvgIpc) is 3.17. The minimum absolute atomic E-state index is 0.0431. The molecule has 0 aromatic rings. The fourth-order valence-corrected chi connectivity index (χ4v) is 4.08. The van der Waals surface area contributed by atoms with E-state index in [4.69, 9.17) is 4.74 Å². The Balaban J connectivity index is 1.80. The molecule has 0 aromatic heterocycles. The van der Waals surface area contributed by atoms with Gasteiger partial charge in [0.05, 0.1) is 12.2 Å². The lowest BCUT2D eigenvalue weighted by atomic mass is 10.3. The highest BCUT2D eigenvalue weighted by Gasteiger charge is 2.33. The smallest absolute Gasteiger partial charge is 0.281 e. The number of hydrogen-bond acceptors (Lipinski definition) is 4. The van der Waals surface area contributed by atoms with E-state index in [-0.39, 0.29) is 12.2 Å². The summed E-state index contributed by atoms with van der Waals surface area (Å²) in [5.41, 5.74) is 0. The van der Waals surface area contributed by atoms with Gasteiger partial charge in [-0.2, -0.15) is 17.0 Å². The van der Waals surface area contributed by atoms with Gasteiger partial charge in [0.15, 0.2) is 0 Å². The summed E-state index contributed by atoms with van der Waals surface area (Å²) in [6, 6.07) is 0.679. The first kappa shape index (κ1) is 16.2. The van der Waals surface area contributed by atoms with E-state index >= 15 is 0 Å². The first-order chi connectivity index (χ1) is 9.39. The number of nitrogens with zero attached hydrogens (tertiary/aromatic N) is 2. The van der Waals surface area contributed by atoms with Crippen molar-refractivity contribution in [2.45, 2.75) is 51.4 Å². The third kappa shape index (κ3) is 4.39. The van der Waals surface area contributed by atoms with E-state index in [1.807, 2.05) is 13.8 Å². The van der Waals surface area contributed by atoms with Gasteiger partial charge >= 0.3 is 0 Å². The maximum absolute atomic E-state index is 12.5. The predicted molar refractivity (Wildman–Crippen MR) is 78.8 cm³/mol. The van der Waals surface area contributed by atoms with Crippen molar-refractivity contribution in [2.24, 2.45) is 0 Å². The molecule has 2 fully saturated rings. The van der Waals surface area contributed by atoms with Crippen molar-refractivity contribution < 1.29 is 13.2 Å². The second kappa shape index (κ2) is 6.70. The Hall–Kier alpha value is -0.210. The van der Waals surface area contributed by atoms with Crippen molar-refractivity contribution in [2.75, 3.05) is 33.2 Å². The molecule has 0 unspecified atom stereocenters. The van der Waals surface area contributed by atoms with Gasteiger partial charge in [0.2, 0.25) is 0 Å². The Labute approximate surface area is 122 Å². The zero-order valence-corrected chi connectivity index (χ0v) is 13.5. The lowest BCUT2D eigenvalue weighted by molar-refractivity contribution is -0.0453. The molecule has 0 radical (unpaired) electrons. The number of rotatable bonds is 7. The van der Waals surface area contributed by atoms with Gasteiger partial charge in [-0.15, -0.1) is 0 Å². The summed E-state index contributed by atoms with van der Waals surface area (Å²) in [6.45, 7) is 6.16. The Morgan fingerprint density at radius 1 is 1.25 bits per heavy atom. The van der Waals surface area contributed by atoms with Crippen LogP contribution in [0.3, 0.4) is 0 Å². The second-order valence-corrected chi connectivity index (χ2v) is 8.02. The molecule has 1 saturated carbocycles. The van der Waals surface area contributed by atoms with Gasteiger partial charge in [0.25, 0.3) is 10.2 Å². The molecule has 0 amide bonds. The van der Waals surface area contributed by atoms with Gasteiger partial charge in [0.1, 0.15) is 0 Å². The van der Waals surface area contributed by atoms with E-state index in [9.17, 15) is 8.42 Å². The Bertz CT molecular complexity index is 401. The van der Waals surface area contributed by atoms with Gasteiger partial charge in [-0.3, -0.25) is 0 Å². The molecule has 20 heavy (non-hydrogen) atoms. The van der Waals surface area contributed by atoms with E-state index < -0.39 is 10.2 Å². The van der Waals surface area contributed by atoms with Crippen LogP contribution in [0.15, 0.2) is 0 Å². The summed E-state index contributed by atoms with van der Waals surface area (Å²) in [6.07, 6.45) is 3.29. The zero-order chi connectivity index (χ0) is 14.8. The number of ether oxygens (including phenoxy) is 1. The van der Waals surface area contributed by atoms with Crippen molar-refractivity contribution in [3.8, 4) is 0 Å². The summed E-state index contributed by atoms with van der Waals surface area (Å²) in [4.78, 5) is 0. The molecule has 0 bridgehead atoms.